The fourth-order valence-corrected chi connectivity index (χ4v) is 2.27. The SMILES string of the molecule is CCC(CBr)COc1cc(OC)c(OC)c(OC)c1. The lowest BCUT2D eigenvalue weighted by Gasteiger charge is -2.16. The summed E-state index contributed by atoms with van der Waals surface area (Å²) in [6.45, 7) is 2.80. The third kappa shape index (κ3) is 4.20. The van der Waals surface area contributed by atoms with Crippen LogP contribution in [0.3, 0.4) is 0 Å². The molecule has 1 aromatic rings. The largest absolute Gasteiger partial charge is 0.493 e. The molecule has 0 aliphatic rings. The van der Waals surface area contributed by atoms with Crippen molar-refractivity contribution in [1.29, 1.82) is 0 Å². The van der Waals surface area contributed by atoms with Crippen molar-refractivity contribution >= 4 is 15.9 Å². The Hall–Kier alpha value is -1.10. The monoisotopic (exact) mass is 332 g/mol. The minimum atomic E-state index is 0.485. The molecule has 4 nitrogen and oxygen atoms in total. The van der Waals surface area contributed by atoms with Crippen molar-refractivity contribution in [2.45, 2.75) is 13.3 Å². The van der Waals surface area contributed by atoms with E-state index in [9.17, 15) is 0 Å². The highest BCUT2D eigenvalue weighted by atomic mass is 79.9. The van der Waals surface area contributed by atoms with Crippen molar-refractivity contribution in [2.24, 2.45) is 5.92 Å². The summed E-state index contributed by atoms with van der Waals surface area (Å²) < 4.78 is 21.6. The van der Waals surface area contributed by atoms with E-state index < -0.39 is 0 Å². The molecule has 1 unspecified atom stereocenters. The minimum Gasteiger partial charge on any atom is -0.493 e. The van der Waals surface area contributed by atoms with E-state index in [4.69, 9.17) is 18.9 Å². The molecule has 0 aliphatic heterocycles. The summed E-state index contributed by atoms with van der Waals surface area (Å²) in [6, 6.07) is 3.62. The molecule has 19 heavy (non-hydrogen) atoms. The maximum absolute atomic E-state index is 5.79. The van der Waals surface area contributed by atoms with E-state index in [1.165, 1.54) is 0 Å². The second-order valence-electron chi connectivity index (χ2n) is 4.10. The Bertz CT molecular complexity index is 366. The third-order valence-corrected chi connectivity index (χ3v) is 3.84. The molecule has 0 spiro atoms. The van der Waals surface area contributed by atoms with E-state index in [-0.39, 0.29) is 0 Å². The maximum Gasteiger partial charge on any atom is 0.203 e. The van der Waals surface area contributed by atoms with Crippen molar-refractivity contribution in [3.8, 4) is 23.0 Å². The predicted molar refractivity (Wildman–Crippen MR) is 79.2 cm³/mol. The molecular weight excluding hydrogens is 312 g/mol. The Morgan fingerprint density at radius 1 is 1.05 bits per heavy atom. The van der Waals surface area contributed by atoms with Gasteiger partial charge in [0.25, 0.3) is 0 Å². The fraction of sp³-hybridized carbons (Fsp3) is 0.571. The molecule has 0 fully saturated rings. The van der Waals surface area contributed by atoms with E-state index in [0.29, 0.717) is 35.5 Å². The van der Waals surface area contributed by atoms with Gasteiger partial charge < -0.3 is 18.9 Å². The molecule has 0 bridgehead atoms. The van der Waals surface area contributed by atoms with E-state index in [0.717, 1.165) is 11.8 Å². The number of ether oxygens (including phenoxy) is 4. The average molecular weight is 333 g/mol. The molecule has 0 N–H and O–H groups in total. The van der Waals surface area contributed by atoms with Crippen molar-refractivity contribution in [3.05, 3.63) is 12.1 Å². The van der Waals surface area contributed by atoms with Gasteiger partial charge in [0.2, 0.25) is 5.75 Å². The summed E-state index contributed by atoms with van der Waals surface area (Å²) in [7, 11) is 4.77. The number of alkyl halides is 1. The molecule has 0 saturated heterocycles. The number of rotatable bonds is 8. The average Bonchev–Trinajstić information content (AvgIpc) is 2.46. The van der Waals surface area contributed by atoms with Crippen LogP contribution in [0.15, 0.2) is 12.1 Å². The lowest BCUT2D eigenvalue weighted by atomic mass is 10.1. The van der Waals surface area contributed by atoms with Gasteiger partial charge in [0, 0.05) is 23.4 Å². The van der Waals surface area contributed by atoms with Gasteiger partial charge in [-0.1, -0.05) is 22.9 Å². The van der Waals surface area contributed by atoms with Gasteiger partial charge in [0.15, 0.2) is 11.5 Å². The fourth-order valence-electron chi connectivity index (χ4n) is 1.63. The molecule has 0 aliphatic carbocycles. The Balaban J connectivity index is 2.90. The highest BCUT2D eigenvalue weighted by Gasteiger charge is 2.14. The van der Waals surface area contributed by atoms with Gasteiger partial charge in [-0.2, -0.15) is 0 Å². The molecule has 5 heteroatoms. The Morgan fingerprint density at radius 2 is 1.63 bits per heavy atom. The van der Waals surface area contributed by atoms with Gasteiger partial charge in [-0.15, -0.1) is 0 Å². The quantitative estimate of drug-likeness (QED) is 0.682. The first-order valence-corrected chi connectivity index (χ1v) is 7.31. The van der Waals surface area contributed by atoms with Gasteiger partial charge >= 0.3 is 0 Å². The second-order valence-corrected chi connectivity index (χ2v) is 4.75. The Morgan fingerprint density at radius 3 is 2.00 bits per heavy atom. The van der Waals surface area contributed by atoms with Crippen LogP contribution in [0.1, 0.15) is 13.3 Å². The maximum atomic E-state index is 5.79. The number of methoxy groups -OCH3 is 3. The summed E-state index contributed by atoms with van der Waals surface area (Å²) in [6.07, 6.45) is 1.07. The minimum absolute atomic E-state index is 0.485. The summed E-state index contributed by atoms with van der Waals surface area (Å²) in [5.74, 6) is 2.98. The second kappa shape index (κ2) is 8.15. The number of halogens is 1. The van der Waals surface area contributed by atoms with Gasteiger partial charge in [0.05, 0.1) is 27.9 Å². The third-order valence-electron chi connectivity index (χ3n) is 2.92. The molecular formula is C14H21BrO4. The zero-order valence-corrected chi connectivity index (χ0v) is 13.5. The normalized spacial score (nSPS) is 11.8. The van der Waals surface area contributed by atoms with E-state index in [2.05, 4.69) is 22.9 Å². The van der Waals surface area contributed by atoms with Gasteiger partial charge in [-0.3, -0.25) is 0 Å². The number of hydrogen-bond acceptors (Lipinski definition) is 4. The molecule has 1 rings (SSSR count). The topological polar surface area (TPSA) is 36.9 Å². The van der Waals surface area contributed by atoms with E-state index in [1.807, 2.05) is 12.1 Å². The molecule has 1 aromatic carbocycles. The van der Waals surface area contributed by atoms with Crippen molar-refractivity contribution in [2.75, 3.05) is 33.3 Å². The van der Waals surface area contributed by atoms with Crippen LogP contribution in [0.4, 0.5) is 0 Å². The number of benzene rings is 1. The van der Waals surface area contributed by atoms with E-state index in [1.54, 1.807) is 21.3 Å². The highest BCUT2D eigenvalue weighted by molar-refractivity contribution is 9.09. The zero-order chi connectivity index (χ0) is 14.3. The summed E-state index contributed by atoms with van der Waals surface area (Å²) in [5, 5.41) is 0.925. The van der Waals surface area contributed by atoms with Crippen molar-refractivity contribution in [1.82, 2.24) is 0 Å². The van der Waals surface area contributed by atoms with Crippen LogP contribution >= 0.6 is 15.9 Å². The summed E-state index contributed by atoms with van der Waals surface area (Å²) >= 11 is 3.48. The first kappa shape index (κ1) is 16.0. The van der Waals surface area contributed by atoms with Crippen LogP contribution in [0.25, 0.3) is 0 Å². The lowest BCUT2D eigenvalue weighted by Crippen LogP contribution is -2.12. The molecule has 0 amide bonds. The van der Waals surface area contributed by atoms with E-state index >= 15 is 0 Å². The first-order chi connectivity index (χ1) is 9.19. The highest BCUT2D eigenvalue weighted by Crippen LogP contribution is 2.40. The van der Waals surface area contributed by atoms with Gasteiger partial charge in [-0.05, 0) is 6.42 Å². The molecule has 0 aromatic heterocycles. The van der Waals surface area contributed by atoms with Crippen LogP contribution in [0.5, 0.6) is 23.0 Å². The van der Waals surface area contributed by atoms with Crippen molar-refractivity contribution in [3.63, 3.8) is 0 Å². The molecule has 0 heterocycles. The zero-order valence-electron chi connectivity index (χ0n) is 11.9. The smallest absolute Gasteiger partial charge is 0.203 e. The lowest BCUT2D eigenvalue weighted by molar-refractivity contribution is 0.255. The van der Waals surface area contributed by atoms with Gasteiger partial charge in [0.1, 0.15) is 5.75 Å². The van der Waals surface area contributed by atoms with Crippen LogP contribution in [-0.4, -0.2) is 33.3 Å². The van der Waals surface area contributed by atoms with Crippen LogP contribution in [0.2, 0.25) is 0 Å². The van der Waals surface area contributed by atoms with Crippen molar-refractivity contribution < 1.29 is 18.9 Å². The van der Waals surface area contributed by atoms with Crippen LogP contribution < -0.4 is 18.9 Å². The standard InChI is InChI=1S/C14H21BrO4/c1-5-10(8-15)9-19-11-6-12(16-2)14(18-4)13(7-11)17-3/h6-7,10H,5,8-9H2,1-4H3. The molecule has 0 radical (unpaired) electrons. The van der Waals surface area contributed by atoms with Crippen LogP contribution in [0, 0.1) is 5.92 Å². The summed E-state index contributed by atoms with van der Waals surface area (Å²) in [5.41, 5.74) is 0. The first-order valence-electron chi connectivity index (χ1n) is 6.18. The Kier molecular flexibility index (Phi) is 6.84. The molecule has 1 atom stereocenters. The Labute approximate surface area is 123 Å². The van der Waals surface area contributed by atoms with Gasteiger partial charge in [-0.25, -0.2) is 0 Å². The summed E-state index contributed by atoms with van der Waals surface area (Å²) in [4.78, 5) is 0. The van der Waals surface area contributed by atoms with Crippen LogP contribution in [-0.2, 0) is 0 Å². The predicted octanol–water partition coefficient (Wildman–Crippen LogP) is 3.51. The molecule has 108 valence electrons. The number of hydrogen-bond donors (Lipinski definition) is 0. The molecule has 0 saturated carbocycles.